The highest BCUT2D eigenvalue weighted by Gasteiger charge is 2.20. The van der Waals surface area contributed by atoms with Gasteiger partial charge in [-0.25, -0.2) is 13.6 Å². The number of halogens is 1. The maximum Gasteiger partial charge on any atom is 0.255 e. The topological polar surface area (TPSA) is 98.5 Å². The standard InChI is InChI=1S/C16H17ClN2O4S/c1-10(12-5-3-4-6-14(12)17)19-16(20)13-9-11(24(18,21)22)7-8-15(13)23-2/h3-10H,1-2H3,(H,19,20)(H2,18,21,22). The molecular weight excluding hydrogens is 352 g/mol. The number of amides is 1. The molecule has 0 radical (unpaired) electrons. The molecule has 0 aliphatic rings. The number of nitrogens with two attached hydrogens (primary N) is 1. The summed E-state index contributed by atoms with van der Waals surface area (Å²) in [5.41, 5.74) is 0.817. The van der Waals surface area contributed by atoms with E-state index in [9.17, 15) is 13.2 Å². The molecule has 8 heteroatoms. The summed E-state index contributed by atoms with van der Waals surface area (Å²) < 4.78 is 28.1. The van der Waals surface area contributed by atoms with E-state index in [2.05, 4.69) is 5.32 Å². The number of carbonyl (C=O) groups excluding carboxylic acids is 1. The third-order valence-electron chi connectivity index (χ3n) is 3.46. The molecule has 0 heterocycles. The zero-order valence-corrected chi connectivity index (χ0v) is 14.7. The smallest absolute Gasteiger partial charge is 0.255 e. The first-order chi connectivity index (χ1) is 11.2. The van der Waals surface area contributed by atoms with Crippen LogP contribution in [-0.2, 0) is 10.0 Å². The number of methoxy groups -OCH3 is 1. The van der Waals surface area contributed by atoms with Gasteiger partial charge in [-0.15, -0.1) is 0 Å². The molecule has 1 atom stereocenters. The van der Waals surface area contributed by atoms with Crippen LogP contribution >= 0.6 is 11.6 Å². The van der Waals surface area contributed by atoms with Gasteiger partial charge in [0.05, 0.1) is 23.6 Å². The molecular formula is C16H17ClN2O4S. The second-order valence-corrected chi connectivity index (χ2v) is 7.09. The third-order valence-corrected chi connectivity index (χ3v) is 4.72. The molecule has 2 aromatic rings. The first-order valence-corrected chi connectivity index (χ1v) is 8.92. The van der Waals surface area contributed by atoms with Crippen molar-refractivity contribution in [2.45, 2.75) is 17.9 Å². The number of sulfonamides is 1. The van der Waals surface area contributed by atoms with E-state index in [1.54, 1.807) is 25.1 Å². The second kappa shape index (κ2) is 7.21. The number of hydrogen-bond acceptors (Lipinski definition) is 4. The summed E-state index contributed by atoms with van der Waals surface area (Å²) in [4.78, 5) is 12.4. The van der Waals surface area contributed by atoms with Crippen molar-refractivity contribution in [2.24, 2.45) is 5.14 Å². The van der Waals surface area contributed by atoms with Crippen LogP contribution in [-0.4, -0.2) is 21.4 Å². The number of ether oxygens (including phenoxy) is 1. The second-order valence-electron chi connectivity index (χ2n) is 5.12. The fraction of sp³-hybridized carbons (Fsp3) is 0.188. The monoisotopic (exact) mass is 368 g/mol. The minimum absolute atomic E-state index is 0.0722. The number of primary sulfonamides is 1. The van der Waals surface area contributed by atoms with Gasteiger partial charge < -0.3 is 10.1 Å². The molecule has 1 amide bonds. The maximum atomic E-state index is 12.5. The van der Waals surface area contributed by atoms with Crippen LogP contribution in [0.3, 0.4) is 0 Å². The molecule has 3 N–H and O–H groups in total. The largest absolute Gasteiger partial charge is 0.496 e. The van der Waals surface area contributed by atoms with Gasteiger partial charge in [-0.3, -0.25) is 4.79 Å². The van der Waals surface area contributed by atoms with Gasteiger partial charge in [0.25, 0.3) is 5.91 Å². The van der Waals surface area contributed by atoms with Gasteiger partial charge in [0.1, 0.15) is 5.75 Å². The Hall–Kier alpha value is -2.09. The van der Waals surface area contributed by atoms with E-state index in [0.717, 1.165) is 5.56 Å². The summed E-state index contributed by atoms with van der Waals surface area (Å²) in [6.07, 6.45) is 0. The fourth-order valence-electron chi connectivity index (χ4n) is 2.22. The molecule has 2 rings (SSSR count). The van der Waals surface area contributed by atoms with Crippen molar-refractivity contribution in [3.8, 4) is 5.75 Å². The molecule has 0 aliphatic heterocycles. The van der Waals surface area contributed by atoms with Crippen LogP contribution in [0.5, 0.6) is 5.75 Å². The number of benzene rings is 2. The lowest BCUT2D eigenvalue weighted by atomic mass is 10.1. The highest BCUT2D eigenvalue weighted by molar-refractivity contribution is 7.89. The lowest BCUT2D eigenvalue weighted by molar-refractivity contribution is 0.0936. The van der Waals surface area contributed by atoms with Gasteiger partial charge in [-0.05, 0) is 36.8 Å². The lowest BCUT2D eigenvalue weighted by Crippen LogP contribution is -2.27. The normalized spacial score (nSPS) is 12.5. The van der Waals surface area contributed by atoms with Gasteiger partial charge in [0, 0.05) is 5.02 Å². The summed E-state index contributed by atoms with van der Waals surface area (Å²) in [6, 6.07) is 10.6. The van der Waals surface area contributed by atoms with E-state index >= 15 is 0 Å². The van der Waals surface area contributed by atoms with Crippen molar-refractivity contribution in [2.75, 3.05) is 7.11 Å². The lowest BCUT2D eigenvalue weighted by Gasteiger charge is -2.17. The van der Waals surface area contributed by atoms with Crippen LogP contribution in [0.1, 0.15) is 28.9 Å². The highest BCUT2D eigenvalue weighted by atomic mass is 35.5. The van der Waals surface area contributed by atoms with E-state index in [-0.39, 0.29) is 22.3 Å². The summed E-state index contributed by atoms with van der Waals surface area (Å²) in [6.45, 7) is 1.77. The van der Waals surface area contributed by atoms with Gasteiger partial charge >= 0.3 is 0 Å². The summed E-state index contributed by atoms with van der Waals surface area (Å²) in [7, 11) is -2.54. The van der Waals surface area contributed by atoms with E-state index in [1.165, 1.54) is 25.3 Å². The molecule has 2 aromatic carbocycles. The molecule has 1 unspecified atom stereocenters. The summed E-state index contributed by atoms with van der Waals surface area (Å²) in [5.74, 6) is -0.254. The van der Waals surface area contributed by atoms with Crippen LogP contribution in [0.15, 0.2) is 47.4 Å². The number of nitrogens with one attached hydrogen (secondary N) is 1. The first-order valence-electron chi connectivity index (χ1n) is 7.00. The fourth-order valence-corrected chi connectivity index (χ4v) is 3.06. The van der Waals surface area contributed by atoms with Gasteiger partial charge in [0.2, 0.25) is 10.0 Å². The van der Waals surface area contributed by atoms with Crippen molar-refractivity contribution in [1.29, 1.82) is 0 Å². The van der Waals surface area contributed by atoms with Gasteiger partial charge in [-0.1, -0.05) is 29.8 Å². The average molecular weight is 369 g/mol. The van der Waals surface area contributed by atoms with E-state index in [1.807, 2.05) is 6.07 Å². The van der Waals surface area contributed by atoms with Gasteiger partial charge in [0.15, 0.2) is 0 Å². The minimum Gasteiger partial charge on any atom is -0.496 e. The number of carbonyl (C=O) groups is 1. The van der Waals surface area contributed by atoms with Crippen LogP contribution in [0.4, 0.5) is 0 Å². The Morgan fingerprint density at radius 3 is 2.50 bits per heavy atom. The Bertz CT molecular complexity index is 868. The predicted octanol–water partition coefficient (Wildman–Crippen LogP) is 2.49. The van der Waals surface area contributed by atoms with Crippen molar-refractivity contribution < 1.29 is 17.9 Å². The summed E-state index contributed by atoms with van der Waals surface area (Å²) >= 11 is 6.12. The van der Waals surface area contributed by atoms with Crippen LogP contribution < -0.4 is 15.2 Å². The molecule has 0 saturated heterocycles. The van der Waals surface area contributed by atoms with Crippen molar-refractivity contribution in [3.63, 3.8) is 0 Å². The van der Waals surface area contributed by atoms with Crippen molar-refractivity contribution in [3.05, 3.63) is 58.6 Å². The average Bonchev–Trinajstić information content (AvgIpc) is 2.53. The zero-order chi connectivity index (χ0) is 17.9. The molecule has 6 nitrogen and oxygen atoms in total. The molecule has 0 spiro atoms. The number of rotatable bonds is 5. The molecule has 0 fully saturated rings. The highest BCUT2D eigenvalue weighted by Crippen LogP contribution is 2.25. The molecule has 0 aromatic heterocycles. The molecule has 0 saturated carbocycles. The predicted molar refractivity (Wildman–Crippen MR) is 91.7 cm³/mol. The zero-order valence-electron chi connectivity index (χ0n) is 13.1. The van der Waals surface area contributed by atoms with Crippen LogP contribution in [0.2, 0.25) is 5.02 Å². The van der Waals surface area contributed by atoms with E-state index in [4.69, 9.17) is 21.5 Å². The molecule has 0 aliphatic carbocycles. The summed E-state index contributed by atoms with van der Waals surface area (Å²) in [5, 5.41) is 8.40. The Balaban J connectivity index is 2.34. The maximum absolute atomic E-state index is 12.5. The first kappa shape index (κ1) is 18.3. The van der Waals surface area contributed by atoms with Crippen molar-refractivity contribution in [1.82, 2.24) is 5.32 Å². The Morgan fingerprint density at radius 2 is 1.92 bits per heavy atom. The third kappa shape index (κ3) is 4.05. The molecule has 0 bridgehead atoms. The van der Waals surface area contributed by atoms with Gasteiger partial charge in [-0.2, -0.15) is 0 Å². The molecule has 24 heavy (non-hydrogen) atoms. The minimum atomic E-state index is -3.93. The van der Waals surface area contributed by atoms with E-state index in [0.29, 0.717) is 5.02 Å². The van der Waals surface area contributed by atoms with Crippen molar-refractivity contribution >= 4 is 27.5 Å². The van der Waals surface area contributed by atoms with E-state index < -0.39 is 15.9 Å². The van der Waals surface area contributed by atoms with Crippen LogP contribution in [0.25, 0.3) is 0 Å². The Morgan fingerprint density at radius 1 is 1.25 bits per heavy atom. The Kier molecular flexibility index (Phi) is 5.48. The van der Waals surface area contributed by atoms with Crippen LogP contribution in [0, 0.1) is 0 Å². The molecule has 128 valence electrons. The SMILES string of the molecule is COc1ccc(S(N)(=O)=O)cc1C(=O)NC(C)c1ccccc1Cl. The quantitative estimate of drug-likeness (QED) is 0.846. The number of hydrogen-bond donors (Lipinski definition) is 2. The Labute approximate surface area is 145 Å².